The second kappa shape index (κ2) is 8.15. The van der Waals surface area contributed by atoms with Crippen molar-refractivity contribution >= 4 is 45.9 Å². The van der Waals surface area contributed by atoms with Gasteiger partial charge in [0, 0.05) is 5.69 Å². The van der Waals surface area contributed by atoms with Crippen LogP contribution in [0.4, 0.5) is 5.69 Å². The Morgan fingerprint density at radius 2 is 1.90 bits per heavy atom. The van der Waals surface area contributed by atoms with Crippen molar-refractivity contribution in [1.29, 1.82) is 0 Å². The molecule has 1 aromatic heterocycles. The molecule has 0 saturated heterocycles. The molecule has 4 aromatic rings. The molecule has 0 atom stereocenters. The second-order valence-electron chi connectivity index (χ2n) is 6.45. The van der Waals surface area contributed by atoms with Crippen molar-refractivity contribution in [1.82, 2.24) is 4.98 Å². The minimum absolute atomic E-state index is 0.177. The van der Waals surface area contributed by atoms with Crippen molar-refractivity contribution in [3.05, 3.63) is 76.3 Å². The Morgan fingerprint density at radius 1 is 1.07 bits per heavy atom. The quantitative estimate of drug-likeness (QED) is 0.416. The van der Waals surface area contributed by atoms with Crippen molar-refractivity contribution in [3.8, 4) is 17.2 Å². The fraction of sp³-hybridized carbons (Fsp3) is 0.0909. The average Bonchev–Trinajstić information content (AvgIpc) is 3.11. The monoisotopic (exact) mass is 426 g/mol. The van der Waals surface area contributed by atoms with E-state index in [9.17, 15) is 4.79 Å². The molecule has 29 heavy (non-hydrogen) atoms. The first-order valence-corrected chi connectivity index (χ1v) is 9.59. The van der Waals surface area contributed by atoms with Crippen molar-refractivity contribution in [2.24, 2.45) is 0 Å². The Balaban J connectivity index is 1.51. The lowest BCUT2D eigenvalue weighted by Crippen LogP contribution is -2.20. The third kappa shape index (κ3) is 4.36. The standard InChI is InChI=1S/C22H16Cl2N2O3/c1-13-6-9-18-20(10-13)29-22(26-18)15-11-14(7-8-16(15)23)25-21(27)12-28-19-5-3-2-4-17(19)24/h2-11H,12H2,1H3,(H,25,27). The van der Waals surface area contributed by atoms with Gasteiger partial charge in [0.15, 0.2) is 12.2 Å². The fourth-order valence-corrected chi connectivity index (χ4v) is 3.20. The van der Waals surface area contributed by atoms with Crippen molar-refractivity contribution < 1.29 is 13.9 Å². The number of nitrogens with one attached hydrogen (secondary N) is 1. The zero-order chi connectivity index (χ0) is 20.4. The Kier molecular flexibility index (Phi) is 5.43. The average molecular weight is 427 g/mol. The normalized spacial score (nSPS) is 10.9. The summed E-state index contributed by atoms with van der Waals surface area (Å²) in [5.41, 5.74) is 3.63. The number of hydrogen-bond donors (Lipinski definition) is 1. The molecule has 0 spiro atoms. The molecule has 3 aromatic carbocycles. The number of aromatic nitrogens is 1. The molecule has 0 fully saturated rings. The molecule has 0 radical (unpaired) electrons. The van der Waals surface area contributed by atoms with E-state index in [1.807, 2.05) is 25.1 Å². The number of anilines is 1. The number of aryl methyl sites for hydroxylation is 1. The number of halogens is 2. The van der Waals surface area contributed by atoms with Gasteiger partial charge in [-0.1, -0.05) is 41.4 Å². The van der Waals surface area contributed by atoms with Gasteiger partial charge in [-0.05, 0) is 55.0 Å². The van der Waals surface area contributed by atoms with E-state index in [1.54, 1.807) is 42.5 Å². The van der Waals surface area contributed by atoms with E-state index in [-0.39, 0.29) is 12.5 Å². The molecule has 4 rings (SSSR count). The molecule has 1 N–H and O–H groups in total. The zero-order valence-corrected chi connectivity index (χ0v) is 16.9. The van der Waals surface area contributed by atoms with Crippen molar-refractivity contribution in [3.63, 3.8) is 0 Å². The molecule has 7 heteroatoms. The molecule has 0 aliphatic rings. The molecular weight excluding hydrogens is 411 g/mol. The van der Waals surface area contributed by atoms with Crippen LogP contribution in [0.15, 0.2) is 65.1 Å². The van der Waals surface area contributed by atoms with Gasteiger partial charge in [-0.2, -0.15) is 0 Å². The van der Waals surface area contributed by atoms with Gasteiger partial charge < -0.3 is 14.5 Å². The van der Waals surface area contributed by atoms with Crippen LogP contribution in [0.5, 0.6) is 5.75 Å². The Labute approximate surface area is 177 Å². The van der Waals surface area contributed by atoms with E-state index in [0.717, 1.165) is 11.1 Å². The minimum atomic E-state index is -0.327. The third-order valence-electron chi connectivity index (χ3n) is 4.22. The largest absolute Gasteiger partial charge is 0.482 e. The number of hydrogen-bond acceptors (Lipinski definition) is 4. The predicted molar refractivity (Wildman–Crippen MR) is 115 cm³/mol. The smallest absolute Gasteiger partial charge is 0.262 e. The maximum absolute atomic E-state index is 12.3. The summed E-state index contributed by atoms with van der Waals surface area (Å²) in [5.74, 6) is 0.508. The van der Waals surface area contributed by atoms with E-state index < -0.39 is 0 Å². The molecule has 0 saturated carbocycles. The molecular formula is C22H16Cl2N2O3. The first kappa shape index (κ1) is 19.3. The lowest BCUT2D eigenvalue weighted by Gasteiger charge is -2.09. The number of rotatable bonds is 5. The maximum atomic E-state index is 12.3. The number of oxazole rings is 1. The SMILES string of the molecule is Cc1ccc2nc(-c3cc(NC(=O)COc4ccccc4Cl)ccc3Cl)oc2c1. The van der Waals surface area contributed by atoms with Gasteiger partial charge in [-0.3, -0.25) is 4.79 Å². The third-order valence-corrected chi connectivity index (χ3v) is 4.86. The lowest BCUT2D eigenvalue weighted by molar-refractivity contribution is -0.118. The van der Waals surface area contributed by atoms with Crippen molar-refractivity contribution in [2.75, 3.05) is 11.9 Å². The van der Waals surface area contributed by atoms with E-state index >= 15 is 0 Å². The summed E-state index contributed by atoms with van der Waals surface area (Å²) >= 11 is 12.4. The van der Waals surface area contributed by atoms with E-state index in [4.69, 9.17) is 32.4 Å². The summed E-state index contributed by atoms with van der Waals surface area (Å²) in [7, 11) is 0. The lowest BCUT2D eigenvalue weighted by atomic mass is 10.2. The van der Waals surface area contributed by atoms with Crippen molar-refractivity contribution in [2.45, 2.75) is 6.92 Å². The van der Waals surface area contributed by atoms with Gasteiger partial charge in [0.1, 0.15) is 11.3 Å². The molecule has 1 amide bonds. The fourth-order valence-electron chi connectivity index (χ4n) is 2.82. The molecule has 1 heterocycles. The van der Waals surface area contributed by atoms with Crippen LogP contribution in [0.2, 0.25) is 10.0 Å². The molecule has 0 aliphatic carbocycles. The van der Waals surface area contributed by atoms with Crippen LogP contribution in [-0.4, -0.2) is 17.5 Å². The van der Waals surface area contributed by atoms with Crippen LogP contribution in [0, 0.1) is 6.92 Å². The maximum Gasteiger partial charge on any atom is 0.262 e. The number of amides is 1. The highest BCUT2D eigenvalue weighted by atomic mass is 35.5. The van der Waals surface area contributed by atoms with Gasteiger partial charge in [-0.25, -0.2) is 4.98 Å². The summed E-state index contributed by atoms with van der Waals surface area (Å²) in [5, 5.41) is 3.69. The van der Waals surface area contributed by atoms with Gasteiger partial charge in [-0.15, -0.1) is 0 Å². The first-order chi connectivity index (χ1) is 14.0. The molecule has 146 valence electrons. The van der Waals surface area contributed by atoms with Gasteiger partial charge >= 0.3 is 0 Å². The van der Waals surface area contributed by atoms with Crippen LogP contribution in [0.1, 0.15) is 5.56 Å². The minimum Gasteiger partial charge on any atom is -0.482 e. The summed E-state index contributed by atoms with van der Waals surface area (Å²) in [6, 6.07) is 17.8. The number of para-hydroxylation sites is 1. The van der Waals surface area contributed by atoms with Gasteiger partial charge in [0.25, 0.3) is 5.91 Å². The highest BCUT2D eigenvalue weighted by Gasteiger charge is 2.14. The second-order valence-corrected chi connectivity index (χ2v) is 7.27. The molecule has 5 nitrogen and oxygen atoms in total. The highest BCUT2D eigenvalue weighted by Crippen LogP contribution is 2.32. The predicted octanol–water partition coefficient (Wildman–Crippen LogP) is 6.13. The molecule has 0 bridgehead atoms. The van der Waals surface area contributed by atoms with Crippen LogP contribution in [-0.2, 0) is 4.79 Å². The Hall–Kier alpha value is -3.02. The van der Waals surface area contributed by atoms with E-state index in [1.165, 1.54) is 0 Å². The number of carbonyl (C=O) groups excluding carboxylic acids is 1. The number of ether oxygens (including phenoxy) is 1. The summed E-state index contributed by atoms with van der Waals surface area (Å²) in [6.45, 7) is 1.80. The number of nitrogens with zero attached hydrogens (tertiary/aromatic N) is 1. The summed E-state index contributed by atoms with van der Waals surface area (Å²) in [6.07, 6.45) is 0. The molecule has 0 aliphatic heterocycles. The first-order valence-electron chi connectivity index (χ1n) is 8.84. The Bertz CT molecular complexity index is 1200. The van der Waals surface area contributed by atoms with Crippen LogP contribution in [0.3, 0.4) is 0 Å². The van der Waals surface area contributed by atoms with Crippen LogP contribution < -0.4 is 10.1 Å². The summed E-state index contributed by atoms with van der Waals surface area (Å²) in [4.78, 5) is 16.7. The number of carbonyl (C=O) groups is 1. The van der Waals surface area contributed by atoms with E-state index in [0.29, 0.717) is 38.5 Å². The van der Waals surface area contributed by atoms with Crippen LogP contribution in [0.25, 0.3) is 22.6 Å². The van der Waals surface area contributed by atoms with Crippen LogP contribution >= 0.6 is 23.2 Å². The highest BCUT2D eigenvalue weighted by molar-refractivity contribution is 6.33. The summed E-state index contributed by atoms with van der Waals surface area (Å²) < 4.78 is 11.3. The van der Waals surface area contributed by atoms with Gasteiger partial charge in [0.2, 0.25) is 5.89 Å². The Morgan fingerprint density at radius 3 is 2.72 bits per heavy atom. The zero-order valence-electron chi connectivity index (χ0n) is 15.4. The van der Waals surface area contributed by atoms with E-state index in [2.05, 4.69) is 10.3 Å². The topological polar surface area (TPSA) is 64.4 Å². The molecule has 0 unspecified atom stereocenters. The number of benzene rings is 3. The number of fused-ring (bicyclic) bond motifs is 1. The van der Waals surface area contributed by atoms with Gasteiger partial charge in [0.05, 0.1) is 15.6 Å².